The molecule has 2 aliphatic rings. The lowest BCUT2D eigenvalue weighted by Gasteiger charge is -2.30. The van der Waals surface area contributed by atoms with Crippen molar-refractivity contribution in [1.82, 2.24) is 0 Å². The third-order valence-electron chi connectivity index (χ3n) is 2.67. The molecule has 0 amide bonds. The van der Waals surface area contributed by atoms with Gasteiger partial charge in [-0.1, -0.05) is 0 Å². The van der Waals surface area contributed by atoms with Crippen molar-refractivity contribution in [2.75, 3.05) is 0 Å². The predicted octanol–water partition coefficient (Wildman–Crippen LogP) is 1.28. The van der Waals surface area contributed by atoms with Crippen LogP contribution < -0.4 is 0 Å². The molecule has 1 saturated heterocycles. The number of hydrogen-bond acceptors (Lipinski definition) is 2. The minimum Gasteiger partial charge on any atom is -0.368 e. The zero-order chi connectivity index (χ0) is 7.19. The third kappa shape index (κ3) is 1.06. The second kappa shape index (κ2) is 1.95. The molecule has 1 aliphatic carbocycles. The summed E-state index contributed by atoms with van der Waals surface area (Å²) in [5.41, 5.74) is 0.497. The first-order chi connectivity index (χ1) is 4.70. The van der Waals surface area contributed by atoms with Crippen LogP contribution >= 0.6 is 0 Å². The predicted molar refractivity (Wildman–Crippen MR) is 37.5 cm³/mol. The highest BCUT2D eigenvalue weighted by Gasteiger charge is 2.48. The molecular weight excluding hydrogens is 128 g/mol. The molecule has 1 N–H and O–H groups in total. The molecular formula is C8H14O2. The Morgan fingerprint density at radius 1 is 1.40 bits per heavy atom. The fourth-order valence-electron chi connectivity index (χ4n) is 2.01. The molecule has 2 fully saturated rings. The summed E-state index contributed by atoms with van der Waals surface area (Å²) in [5.74, 6) is 0. The van der Waals surface area contributed by atoms with E-state index in [1.165, 1.54) is 12.8 Å². The maximum absolute atomic E-state index is 9.23. The van der Waals surface area contributed by atoms with Crippen LogP contribution in [-0.2, 0) is 4.74 Å². The highest BCUT2D eigenvalue weighted by Crippen LogP contribution is 2.55. The van der Waals surface area contributed by atoms with Crippen LogP contribution in [0.2, 0.25) is 0 Å². The molecule has 0 aromatic heterocycles. The number of hydrogen-bond donors (Lipinski definition) is 1. The van der Waals surface area contributed by atoms with Crippen molar-refractivity contribution in [1.29, 1.82) is 0 Å². The largest absolute Gasteiger partial charge is 0.368 e. The van der Waals surface area contributed by atoms with Crippen molar-refractivity contribution in [3.8, 4) is 0 Å². The Hall–Kier alpha value is -0.0800. The molecule has 2 atom stereocenters. The summed E-state index contributed by atoms with van der Waals surface area (Å²) < 4.78 is 5.22. The summed E-state index contributed by atoms with van der Waals surface area (Å²) in [6.45, 7) is 2.04. The molecule has 2 nitrogen and oxygen atoms in total. The number of aliphatic hydroxyl groups is 1. The summed E-state index contributed by atoms with van der Waals surface area (Å²) in [6.07, 6.45) is 4.43. The molecule has 0 bridgehead atoms. The van der Waals surface area contributed by atoms with Gasteiger partial charge >= 0.3 is 0 Å². The quantitative estimate of drug-likeness (QED) is 0.552. The van der Waals surface area contributed by atoms with Gasteiger partial charge in [0.15, 0.2) is 6.29 Å². The molecule has 0 aromatic carbocycles. The van der Waals surface area contributed by atoms with Gasteiger partial charge in [0, 0.05) is 6.42 Å². The lowest BCUT2D eigenvalue weighted by molar-refractivity contribution is -0.176. The first-order valence-corrected chi connectivity index (χ1v) is 4.04. The van der Waals surface area contributed by atoms with Gasteiger partial charge < -0.3 is 9.84 Å². The average molecular weight is 142 g/mol. The molecule has 1 unspecified atom stereocenters. The molecule has 0 radical (unpaired) electrons. The van der Waals surface area contributed by atoms with Crippen LogP contribution in [0, 0.1) is 5.41 Å². The van der Waals surface area contributed by atoms with E-state index in [1.807, 2.05) is 6.92 Å². The Labute approximate surface area is 61.2 Å². The summed E-state index contributed by atoms with van der Waals surface area (Å²) in [6, 6.07) is 0. The van der Waals surface area contributed by atoms with Gasteiger partial charge in [-0.25, -0.2) is 0 Å². The van der Waals surface area contributed by atoms with E-state index in [-0.39, 0.29) is 6.10 Å². The van der Waals surface area contributed by atoms with Gasteiger partial charge in [0.25, 0.3) is 0 Å². The summed E-state index contributed by atoms with van der Waals surface area (Å²) in [4.78, 5) is 0. The molecule has 1 saturated carbocycles. The van der Waals surface area contributed by atoms with Crippen LogP contribution in [-0.4, -0.2) is 17.5 Å². The maximum atomic E-state index is 9.23. The van der Waals surface area contributed by atoms with Crippen LogP contribution in [0.4, 0.5) is 0 Å². The van der Waals surface area contributed by atoms with Gasteiger partial charge in [-0.3, -0.25) is 0 Å². The Bertz CT molecular complexity index is 128. The van der Waals surface area contributed by atoms with Gasteiger partial charge in [-0.2, -0.15) is 0 Å². The van der Waals surface area contributed by atoms with Crippen LogP contribution in [0.25, 0.3) is 0 Å². The summed E-state index contributed by atoms with van der Waals surface area (Å²) >= 11 is 0. The lowest BCUT2D eigenvalue weighted by atomic mass is 9.92. The smallest absolute Gasteiger partial charge is 0.155 e. The van der Waals surface area contributed by atoms with E-state index in [4.69, 9.17) is 4.74 Å². The van der Waals surface area contributed by atoms with Gasteiger partial charge in [0.2, 0.25) is 0 Å². The molecule has 0 aromatic rings. The van der Waals surface area contributed by atoms with E-state index in [9.17, 15) is 5.11 Å². The molecule has 2 heteroatoms. The van der Waals surface area contributed by atoms with Crippen molar-refractivity contribution < 1.29 is 9.84 Å². The van der Waals surface area contributed by atoms with Crippen LogP contribution in [0.3, 0.4) is 0 Å². The Kier molecular flexibility index (Phi) is 1.29. The standard InChI is InChI=1S/C8H14O2/c1-6-4-8(2-3-8)5-7(9)10-6/h6-7,9H,2-5H2,1H3/t6?,7-/m1/s1. The second-order valence-corrected chi connectivity index (χ2v) is 3.81. The minimum absolute atomic E-state index is 0.270. The molecule has 2 rings (SSSR count). The van der Waals surface area contributed by atoms with Gasteiger partial charge in [0.1, 0.15) is 0 Å². The minimum atomic E-state index is -0.480. The molecule has 1 spiro atoms. The van der Waals surface area contributed by atoms with Crippen molar-refractivity contribution in [3.05, 3.63) is 0 Å². The zero-order valence-corrected chi connectivity index (χ0v) is 6.34. The lowest BCUT2D eigenvalue weighted by Crippen LogP contribution is -2.31. The highest BCUT2D eigenvalue weighted by atomic mass is 16.6. The Morgan fingerprint density at radius 2 is 2.10 bits per heavy atom. The average Bonchev–Trinajstić information content (AvgIpc) is 2.44. The Balaban J connectivity index is 2.00. The van der Waals surface area contributed by atoms with Crippen molar-refractivity contribution in [2.24, 2.45) is 5.41 Å². The number of aliphatic hydroxyl groups excluding tert-OH is 1. The topological polar surface area (TPSA) is 29.5 Å². The van der Waals surface area contributed by atoms with E-state index in [0.717, 1.165) is 12.8 Å². The van der Waals surface area contributed by atoms with E-state index in [0.29, 0.717) is 5.41 Å². The van der Waals surface area contributed by atoms with Crippen LogP contribution in [0.15, 0.2) is 0 Å². The molecule has 1 aliphatic heterocycles. The van der Waals surface area contributed by atoms with E-state index in [2.05, 4.69) is 0 Å². The molecule has 58 valence electrons. The van der Waals surface area contributed by atoms with Crippen molar-refractivity contribution in [2.45, 2.75) is 45.0 Å². The van der Waals surface area contributed by atoms with E-state index >= 15 is 0 Å². The zero-order valence-electron chi connectivity index (χ0n) is 6.34. The monoisotopic (exact) mass is 142 g/mol. The SMILES string of the molecule is CC1CC2(CC2)C[C@H](O)O1. The van der Waals surface area contributed by atoms with Gasteiger partial charge in [-0.15, -0.1) is 0 Å². The Morgan fingerprint density at radius 3 is 2.60 bits per heavy atom. The van der Waals surface area contributed by atoms with Crippen molar-refractivity contribution in [3.63, 3.8) is 0 Å². The van der Waals surface area contributed by atoms with Gasteiger partial charge in [0.05, 0.1) is 6.10 Å². The number of ether oxygens (including phenoxy) is 1. The van der Waals surface area contributed by atoms with Gasteiger partial charge in [-0.05, 0) is 31.6 Å². The first-order valence-electron chi connectivity index (χ1n) is 4.04. The summed E-state index contributed by atoms with van der Waals surface area (Å²) in [7, 11) is 0. The summed E-state index contributed by atoms with van der Waals surface area (Å²) in [5, 5.41) is 9.23. The third-order valence-corrected chi connectivity index (χ3v) is 2.67. The molecule has 1 heterocycles. The van der Waals surface area contributed by atoms with E-state index < -0.39 is 6.29 Å². The van der Waals surface area contributed by atoms with E-state index in [1.54, 1.807) is 0 Å². The normalized spacial score (nSPS) is 43.8. The van der Waals surface area contributed by atoms with Crippen molar-refractivity contribution >= 4 is 0 Å². The van der Waals surface area contributed by atoms with Crippen LogP contribution in [0.1, 0.15) is 32.6 Å². The first kappa shape index (κ1) is 6.62. The second-order valence-electron chi connectivity index (χ2n) is 3.81. The van der Waals surface area contributed by atoms with Crippen LogP contribution in [0.5, 0.6) is 0 Å². The fourth-order valence-corrected chi connectivity index (χ4v) is 2.01. The number of rotatable bonds is 0. The highest BCUT2D eigenvalue weighted by molar-refractivity contribution is 4.96. The molecule has 10 heavy (non-hydrogen) atoms. The maximum Gasteiger partial charge on any atom is 0.155 e. The fraction of sp³-hybridized carbons (Fsp3) is 1.00.